The number of nitrogens with one attached hydrogen (secondary N) is 2. The van der Waals surface area contributed by atoms with Gasteiger partial charge in [-0.2, -0.15) is 4.98 Å². The number of carbonyl (C=O) groups excluding carboxylic acids is 1. The van der Waals surface area contributed by atoms with Crippen LogP contribution in [0.25, 0.3) is 22.2 Å². The van der Waals surface area contributed by atoms with Crippen molar-refractivity contribution in [3.8, 4) is 17.1 Å². The minimum atomic E-state index is -0.354. The Hall–Kier alpha value is -3.38. The molecule has 0 fully saturated rings. The van der Waals surface area contributed by atoms with E-state index in [9.17, 15) is 4.79 Å². The minimum absolute atomic E-state index is 0.149. The average Bonchev–Trinajstić information content (AvgIpc) is 3.15. The van der Waals surface area contributed by atoms with Gasteiger partial charge in [0.05, 0.1) is 5.02 Å². The highest BCUT2D eigenvalue weighted by molar-refractivity contribution is 6.33. The highest BCUT2D eigenvalue weighted by atomic mass is 35.5. The molecule has 0 atom stereocenters. The van der Waals surface area contributed by atoms with Gasteiger partial charge in [-0.1, -0.05) is 60.1 Å². The van der Waals surface area contributed by atoms with Crippen molar-refractivity contribution in [3.05, 3.63) is 71.8 Å². The van der Waals surface area contributed by atoms with Gasteiger partial charge in [0.15, 0.2) is 12.4 Å². The van der Waals surface area contributed by atoms with Gasteiger partial charge in [-0.15, -0.1) is 5.10 Å². The molecule has 0 radical (unpaired) electrons. The number of ether oxygens (including phenoxy) is 1. The predicted molar refractivity (Wildman–Crippen MR) is 105 cm³/mol. The molecule has 7 heteroatoms. The van der Waals surface area contributed by atoms with E-state index in [2.05, 4.69) is 20.5 Å². The second-order valence-electron chi connectivity index (χ2n) is 5.80. The number of aromatic amines is 1. The average molecular weight is 379 g/mol. The topological polar surface area (TPSA) is 79.9 Å². The van der Waals surface area contributed by atoms with E-state index in [0.717, 1.165) is 10.8 Å². The number of aromatic nitrogens is 3. The first-order valence-electron chi connectivity index (χ1n) is 8.28. The number of halogens is 1. The molecule has 6 nitrogen and oxygen atoms in total. The van der Waals surface area contributed by atoms with Gasteiger partial charge in [0, 0.05) is 10.9 Å². The molecule has 0 saturated carbocycles. The Morgan fingerprint density at radius 1 is 1.04 bits per heavy atom. The van der Waals surface area contributed by atoms with Crippen molar-refractivity contribution in [3.63, 3.8) is 0 Å². The van der Waals surface area contributed by atoms with Crippen molar-refractivity contribution < 1.29 is 9.53 Å². The maximum atomic E-state index is 12.2. The van der Waals surface area contributed by atoms with Crippen LogP contribution in [0.1, 0.15) is 0 Å². The van der Waals surface area contributed by atoms with Gasteiger partial charge in [0.1, 0.15) is 5.75 Å². The van der Waals surface area contributed by atoms with E-state index in [4.69, 9.17) is 16.3 Å². The molecule has 0 unspecified atom stereocenters. The molecule has 2 N–H and O–H groups in total. The molecule has 0 saturated heterocycles. The molecule has 1 aromatic heterocycles. The van der Waals surface area contributed by atoms with Crippen molar-refractivity contribution in [1.29, 1.82) is 0 Å². The molecule has 134 valence electrons. The standard InChI is InChI=1S/C20H15ClN4O2/c21-16-10-4-3-9-15(16)19-23-20(25-24-19)22-18(26)12-27-17-11-5-7-13-6-1-2-8-14(13)17/h1-11H,12H2,(H2,22,23,24,25,26). The molecule has 0 bridgehead atoms. The summed E-state index contributed by atoms with van der Waals surface area (Å²) in [6.07, 6.45) is 0. The van der Waals surface area contributed by atoms with Crippen molar-refractivity contribution in [2.45, 2.75) is 0 Å². The monoisotopic (exact) mass is 378 g/mol. The van der Waals surface area contributed by atoms with Crippen LogP contribution in [0, 0.1) is 0 Å². The SMILES string of the molecule is O=C(COc1cccc2ccccc12)Nc1n[nH]c(-c2ccccc2Cl)n1. The van der Waals surface area contributed by atoms with Crippen molar-refractivity contribution in [1.82, 2.24) is 15.2 Å². The second kappa shape index (κ2) is 7.47. The molecule has 0 aliphatic carbocycles. The number of anilines is 1. The third-order valence-corrected chi connectivity index (χ3v) is 4.30. The Balaban J connectivity index is 1.42. The number of amides is 1. The number of nitrogens with zero attached hydrogens (tertiary/aromatic N) is 2. The van der Waals surface area contributed by atoms with Gasteiger partial charge < -0.3 is 4.74 Å². The first-order chi connectivity index (χ1) is 13.2. The van der Waals surface area contributed by atoms with Crippen molar-refractivity contribution >= 4 is 34.2 Å². The van der Waals surface area contributed by atoms with Crippen LogP contribution in [0.2, 0.25) is 5.02 Å². The summed E-state index contributed by atoms with van der Waals surface area (Å²) in [6.45, 7) is -0.149. The summed E-state index contributed by atoms with van der Waals surface area (Å²) >= 11 is 6.14. The fourth-order valence-corrected chi connectivity index (χ4v) is 2.94. The smallest absolute Gasteiger partial charge is 0.264 e. The molecule has 27 heavy (non-hydrogen) atoms. The Morgan fingerprint density at radius 3 is 2.70 bits per heavy atom. The largest absolute Gasteiger partial charge is 0.483 e. The second-order valence-corrected chi connectivity index (χ2v) is 6.21. The summed E-state index contributed by atoms with van der Waals surface area (Å²) in [6, 6.07) is 20.8. The lowest BCUT2D eigenvalue weighted by Gasteiger charge is -2.08. The molecule has 0 aliphatic rings. The van der Waals surface area contributed by atoms with Crippen LogP contribution in [0.4, 0.5) is 5.95 Å². The maximum absolute atomic E-state index is 12.2. The Kier molecular flexibility index (Phi) is 4.72. The van der Waals surface area contributed by atoms with Crippen LogP contribution in [-0.4, -0.2) is 27.7 Å². The molecule has 4 rings (SSSR count). The quantitative estimate of drug-likeness (QED) is 0.542. The molecule has 4 aromatic rings. The van der Waals surface area contributed by atoms with Crippen LogP contribution in [0.3, 0.4) is 0 Å². The van der Waals surface area contributed by atoms with Crippen LogP contribution >= 0.6 is 11.6 Å². The summed E-state index contributed by atoms with van der Waals surface area (Å²) in [5.41, 5.74) is 0.708. The fraction of sp³-hybridized carbons (Fsp3) is 0.0500. The lowest BCUT2D eigenvalue weighted by atomic mass is 10.1. The van der Waals surface area contributed by atoms with E-state index in [0.29, 0.717) is 22.2 Å². The lowest BCUT2D eigenvalue weighted by Crippen LogP contribution is -2.20. The summed E-state index contributed by atoms with van der Waals surface area (Å²) in [4.78, 5) is 16.4. The van der Waals surface area contributed by atoms with Crippen molar-refractivity contribution in [2.75, 3.05) is 11.9 Å². The zero-order valence-electron chi connectivity index (χ0n) is 14.1. The molecule has 0 spiro atoms. The van der Waals surface area contributed by atoms with E-state index in [1.165, 1.54) is 0 Å². The highest BCUT2D eigenvalue weighted by Crippen LogP contribution is 2.26. The molecule has 3 aromatic carbocycles. The maximum Gasteiger partial charge on any atom is 0.264 e. The molecular formula is C20H15ClN4O2. The number of hydrogen-bond acceptors (Lipinski definition) is 4. The van der Waals surface area contributed by atoms with Crippen LogP contribution < -0.4 is 10.1 Å². The molecule has 0 aliphatic heterocycles. The molecule has 1 heterocycles. The van der Waals surface area contributed by atoms with Gasteiger partial charge in [-0.25, -0.2) is 0 Å². The highest BCUT2D eigenvalue weighted by Gasteiger charge is 2.12. The van der Waals surface area contributed by atoms with Crippen LogP contribution in [0.15, 0.2) is 66.7 Å². The number of fused-ring (bicyclic) bond motifs is 1. The Labute approximate surface area is 160 Å². The van der Waals surface area contributed by atoms with Crippen LogP contribution in [0.5, 0.6) is 5.75 Å². The predicted octanol–water partition coefficient (Wildman–Crippen LogP) is 4.30. The molecule has 1 amide bonds. The summed E-state index contributed by atoms with van der Waals surface area (Å²) in [5, 5.41) is 11.9. The first kappa shape index (κ1) is 17.1. The summed E-state index contributed by atoms with van der Waals surface area (Å²) in [5.74, 6) is 0.935. The van der Waals surface area contributed by atoms with Gasteiger partial charge in [-0.05, 0) is 23.6 Å². The Morgan fingerprint density at radius 2 is 1.81 bits per heavy atom. The third kappa shape index (κ3) is 3.75. The van der Waals surface area contributed by atoms with E-state index in [1.807, 2.05) is 60.7 Å². The number of rotatable bonds is 5. The number of hydrogen-bond donors (Lipinski definition) is 2. The van der Waals surface area contributed by atoms with Gasteiger partial charge in [0.2, 0.25) is 5.95 Å². The first-order valence-corrected chi connectivity index (χ1v) is 8.66. The van der Waals surface area contributed by atoms with E-state index >= 15 is 0 Å². The van der Waals surface area contributed by atoms with Crippen molar-refractivity contribution in [2.24, 2.45) is 0 Å². The molecular weight excluding hydrogens is 364 g/mol. The third-order valence-electron chi connectivity index (χ3n) is 3.97. The minimum Gasteiger partial charge on any atom is -0.483 e. The number of H-pyrrole nitrogens is 1. The normalized spacial score (nSPS) is 10.7. The Bertz CT molecular complexity index is 1100. The van der Waals surface area contributed by atoms with E-state index in [1.54, 1.807) is 6.07 Å². The van der Waals surface area contributed by atoms with Gasteiger partial charge in [0.25, 0.3) is 5.91 Å². The van der Waals surface area contributed by atoms with E-state index in [-0.39, 0.29) is 18.5 Å². The van der Waals surface area contributed by atoms with E-state index < -0.39 is 0 Å². The number of benzene rings is 3. The van der Waals surface area contributed by atoms with Crippen LogP contribution in [-0.2, 0) is 4.79 Å². The fourth-order valence-electron chi connectivity index (χ4n) is 2.72. The zero-order chi connectivity index (χ0) is 18.6. The summed E-state index contributed by atoms with van der Waals surface area (Å²) in [7, 11) is 0. The lowest BCUT2D eigenvalue weighted by molar-refractivity contribution is -0.118. The summed E-state index contributed by atoms with van der Waals surface area (Å²) < 4.78 is 5.66. The zero-order valence-corrected chi connectivity index (χ0v) is 14.9. The van der Waals surface area contributed by atoms with Gasteiger partial charge >= 0.3 is 0 Å². The number of carbonyl (C=O) groups is 1. The van der Waals surface area contributed by atoms with Gasteiger partial charge in [-0.3, -0.25) is 15.2 Å².